The van der Waals surface area contributed by atoms with E-state index in [1.54, 1.807) is 6.08 Å². The Morgan fingerprint density at radius 1 is 0.970 bits per heavy atom. The first-order valence-corrected chi connectivity index (χ1v) is 11.8. The van der Waals surface area contributed by atoms with E-state index in [0.717, 1.165) is 32.7 Å². The molecule has 3 aromatic rings. The highest BCUT2D eigenvalue weighted by Crippen LogP contribution is 2.27. The van der Waals surface area contributed by atoms with E-state index in [4.69, 9.17) is 12.2 Å². The predicted molar refractivity (Wildman–Crippen MR) is 140 cm³/mol. The monoisotopic (exact) mass is 521 g/mol. The molecule has 33 heavy (non-hydrogen) atoms. The number of hydrogen-bond acceptors (Lipinski definition) is 3. The number of anilines is 1. The summed E-state index contributed by atoms with van der Waals surface area (Å²) in [5.74, 6) is -0.554. The van der Waals surface area contributed by atoms with Gasteiger partial charge in [0, 0.05) is 21.5 Å². The lowest BCUT2D eigenvalue weighted by molar-refractivity contribution is -0.122. The zero-order valence-electron chi connectivity index (χ0n) is 18.8. The Balaban J connectivity index is 1.72. The van der Waals surface area contributed by atoms with Crippen LogP contribution in [0.2, 0.25) is 0 Å². The third kappa shape index (κ3) is 4.43. The molecule has 1 aliphatic heterocycles. The van der Waals surface area contributed by atoms with Gasteiger partial charge in [0.15, 0.2) is 5.11 Å². The van der Waals surface area contributed by atoms with Crippen LogP contribution in [0.4, 0.5) is 5.69 Å². The molecule has 0 atom stereocenters. The lowest BCUT2D eigenvalue weighted by atomic mass is 10.0. The number of halogens is 1. The van der Waals surface area contributed by atoms with Crippen LogP contribution in [0.1, 0.15) is 42.3 Å². The molecule has 2 heterocycles. The average molecular weight is 522 g/mol. The van der Waals surface area contributed by atoms with Gasteiger partial charge in [-0.05, 0) is 91.7 Å². The molecule has 1 aromatic heterocycles. The number of carbonyl (C=O) groups excluding carboxylic acids is 2. The van der Waals surface area contributed by atoms with Crippen LogP contribution in [-0.4, -0.2) is 21.5 Å². The predicted octanol–water partition coefficient (Wildman–Crippen LogP) is 5.81. The van der Waals surface area contributed by atoms with Crippen LogP contribution in [-0.2, 0) is 9.59 Å². The van der Waals surface area contributed by atoms with E-state index in [0.29, 0.717) is 11.6 Å². The molecule has 1 fully saturated rings. The second-order valence-electron chi connectivity index (χ2n) is 8.34. The Hall–Kier alpha value is -3.03. The molecule has 0 bridgehead atoms. The summed E-state index contributed by atoms with van der Waals surface area (Å²) in [5, 5.41) is 2.75. The number of nitrogens with one attached hydrogen (secondary N) is 1. The molecule has 4 rings (SSSR count). The molecule has 0 saturated carbocycles. The van der Waals surface area contributed by atoms with Crippen LogP contribution < -0.4 is 10.2 Å². The number of rotatable bonds is 4. The molecule has 1 N–H and O–H groups in total. The fourth-order valence-corrected chi connectivity index (χ4v) is 4.52. The lowest BCUT2D eigenvalue weighted by Gasteiger charge is -2.29. The topological polar surface area (TPSA) is 54.3 Å². The minimum atomic E-state index is -0.492. The molecule has 1 saturated heterocycles. The van der Waals surface area contributed by atoms with Crippen molar-refractivity contribution in [3.05, 3.63) is 87.2 Å². The molecule has 2 aromatic carbocycles. The maximum absolute atomic E-state index is 13.4. The summed E-state index contributed by atoms with van der Waals surface area (Å²) in [4.78, 5) is 27.5. The molecule has 5 nitrogen and oxygen atoms in total. The highest BCUT2D eigenvalue weighted by atomic mass is 79.9. The summed E-state index contributed by atoms with van der Waals surface area (Å²) in [6.45, 7) is 8.19. The maximum atomic E-state index is 13.4. The minimum absolute atomic E-state index is 0.0487. The van der Waals surface area contributed by atoms with Crippen LogP contribution >= 0.6 is 28.1 Å². The van der Waals surface area contributed by atoms with Gasteiger partial charge in [-0.15, -0.1) is 0 Å². The van der Waals surface area contributed by atoms with Crippen LogP contribution in [0.3, 0.4) is 0 Å². The highest BCUT2D eigenvalue weighted by Gasteiger charge is 2.34. The Bertz CT molecular complexity index is 1290. The normalized spacial score (nSPS) is 15.5. The SMILES string of the molecule is Cc1cc(/C=C2/C(=O)NC(=S)N(c3ccc(C(C)C)cc3)C2=O)c(C)n1-c1ccc(Br)cc1. The standard InChI is InChI=1S/C26H24BrN3O2S/c1-15(2)18-5-9-22(10-6-18)30-25(32)23(24(31)28-26(30)33)14-19-13-16(3)29(17(19)4)21-11-7-20(27)8-12-21/h5-15H,1-4H3,(H,28,31,33)/b23-14-. The smallest absolute Gasteiger partial charge is 0.270 e. The molecule has 0 radical (unpaired) electrons. The molecule has 0 unspecified atom stereocenters. The van der Waals surface area contributed by atoms with Gasteiger partial charge in [0.2, 0.25) is 0 Å². The van der Waals surface area contributed by atoms with E-state index in [2.05, 4.69) is 39.7 Å². The van der Waals surface area contributed by atoms with Crippen LogP contribution in [0.5, 0.6) is 0 Å². The quantitative estimate of drug-likeness (QED) is 0.267. The molecule has 0 spiro atoms. The van der Waals surface area contributed by atoms with E-state index in [1.165, 1.54) is 4.90 Å². The number of benzene rings is 2. The number of aryl methyl sites for hydroxylation is 1. The second kappa shape index (κ2) is 9.08. The van der Waals surface area contributed by atoms with Crippen molar-refractivity contribution in [1.29, 1.82) is 0 Å². The zero-order valence-corrected chi connectivity index (χ0v) is 21.3. The Kier molecular flexibility index (Phi) is 6.36. The number of thiocarbonyl (C=S) groups is 1. The van der Waals surface area contributed by atoms with Gasteiger partial charge in [0.05, 0.1) is 5.69 Å². The average Bonchev–Trinajstić information content (AvgIpc) is 3.05. The molecular weight excluding hydrogens is 498 g/mol. The van der Waals surface area contributed by atoms with Crippen LogP contribution in [0.25, 0.3) is 11.8 Å². The van der Waals surface area contributed by atoms with Gasteiger partial charge in [-0.2, -0.15) is 0 Å². The van der Waals surface area contributed by atoms with Gasteiger partial charge in [0.25, 0.3) is 11.8 Å². The summed E-state index contributed by atoms with van der Waals surface area (Å²) in [5.41, 5.74) is 5.58. The Morgan fingerprint density at radius 3 is 2.18 bits per heavy atom. The summed E-state index contributed by atoms with van der Waals surface area (Å²) in [7, 11) is 0. The van der Waals surface area contributed by atoms with Crippen molar-refractivity contribution in [2.75, 3.05) is 4.90 Å². The number of nitrogens with zero attached hydrogens (tertiary/aromatic N) is 2. The molecule has 0 aliphatic carbocycles. The number of aromatic nitrogens is 1. The number of hydrogen-bond donors (Lipinski definition) is 1. The van der Waals surface area contributed by atoms with Gasteiger partial charge in [-0.25, -0.2) is 0 Å². The summed E-state index contributed by atoms with van der Waals surface area (Å²) >= 11 is 8.79. The second-order valence-corrected chi connectivity index (χ2v) is 9.64. The maximum Gasteiger partial charge on any atom is 0.270 e. The first kappa shape index (κ1) is 23.1. The van der Waals surface area contributed by atoms with E-state index in [9.17, 15) is 9.59 Å². The first-order valence-electron chi connectivity index (χ1n) is 10.6. The van der Waals surface area contributed by atoms with Crippen molar-refractivity contribution in [3.8, 4) is 5.69 Å². The fourth-order valence-electron chi connectivity index (χ4n) is 3.98. The number of amides is 2. The van der Waals surface area contributed by atoms with E-state index in [-0.39, 0.29) is 10.7 Å². The fraction of sp³-hybridized carbons (Fsp3) is 0.192. The summed E-state index contributed by atoms with van der Waals surface area (Å²) < 4.78 is 3.09. The molecule has 168 valence electrons. The molecule has 7 heteroatoms. The van der Waals surface area contributed by atoms with Crippen molar-refractivity contribution in [3.63, 3.8) is 0 Å². The molecule has 1 aliphatic rings. The Labute approximate surface area is 207 Å². The van der Waals surface area contributed by atoms with Gasteiger partial charge in [-0.1, -0.05) is 41.9 Å². The minimum Gasteiger partial charge on any atom is -0.318 e. The molecular formula is C26H24BrN3O2S. The largest absolute Gasteiger partial charge is 0.318 e. The van der Waals surface area contributed by atoms with Gasteiger partial charge >= 0.3 is 0 Å². The van der Waals surface area contributed by atoms with Crippen LogP contribution in [0.15, 0.2) is 64.6 Å². The zero-order chi connectivity index (χ0) is 23.9. The third-order valence-corrected chi connectivity index (χ3v) is 6.59. The van der Waals surface area contributed by atoms with E-state index >= 15 is 0 Å². The summed E-state index contributed by atoms with van der Waals surface area (Å²) in [6.07, 6.45) is 1.65. The van der Waals surface area contributed by atoms with Crippen molar-refractivity contribution in [2.24, 2.45) is 0 Å². The first-order chi connectivity index (χ1) is 15.7. The number of carbonyl (C=O) groups is 2. The van der Waals surface area contributed by atoms with Gasteiger partial charge < -0.3 is 4.57 Å². The summed E-state index contributed by atoms with van der Waals surface area (Å²) in [6, 6.07) is 17.6. The Morgan fingerprint density at radius 2 is 1.58 bits per heavy atom. The van der Waals surface area contributed by atoms with Crippen molar-refractivity contribution in [2.45, 2.75) is 33.6 Å². The third-order valence-electron chi connectivity index (χ3n) is 5.77. The van der Waals surface area contributed by atoms with Crippen molar-refractivity contribution < 1.29 is 9.59 Å². The van der Waals surface area contributed by atoms with Crippen LogP contribution in [0, 0.1) is 13.8 Å². The van der Waals surface area contributed by atoms with E-state index < -0.39 is 11.8 Å². The lowest BCUT2D eigenvalue weighted by Crippen LogP contribution is -2.54. The van der Waals surface area contributed by atoms with Crippen molar-refractivity contribution >= 4 is 56.8 Å². The van der Waals surface area contributed by atoms with Crippen molar-refractivity contribution in [1.82, 2.24) is 9.88 Å². The van der Waals surface area contributed by atoms with E-state index in [1.807, 2.05) is 68.4 Å². The highest BCUT2D eigenvalue weighted by molar-refractivity contribution is 9.10. The van der Waals surface area contributed by atoms with Gasteiger partial charge in [-0.3, -0.25) is 19.8 Å². The molecule has 2 amide bonds. The van der Waals surface area contributed by atoms with Gasteiger partial charge in [0.1, 0.15) is 5.57 Å².